The molecule has 0 spiro atoms. The molecule has 2 aromatic rings. The van der Waals surface area contributed by atoms with Gasteiger partial charge in [0.15, 0.2) is 0 Å². The Labute approximate surface area is 155 Å². The van der Waals surface area contributed by atoms with E-state index >= 15 is 0 Å². The topological polar surface area (TPSA) is 61.7 Å². The molecule has 0 saturated heterocycles. The molecule has 2 aromatic carbocycles. The Kier molecular flexibility index (Phi) is 5.30. The number of anilines is 1. The molecule has 7 heteroatoms. The fraction of sp³-hybridized carbons (Fsp3) is 0.222. The van der Waals surface area contributed by atoms with Gasteiger partial charge in [0.2, 0.25) is 0 Å². The zero-order valence-corrected chi connectivity index (χ0v) is 14.8. The maximum absolute atomic E-state index is 14.4. The van der Waals surface area contributed by atoms with Gasteiger partial charge < -0.3 is 10.4 Å². The number of hydrogen-bond acceptors (Lipinski definition) is 4. The lowest BCUT2D eigenvalue weighted by molar-refractivity contribution is -0.137. The monoisotopic (exact) mass is 378 g/mol. The summed E-state index contributed by atoms with van der Waals surface area (Å²) in [6, 6.07) is 11.2. The van der Waals surface area contributed by atoms with Crippen molar-refractivity contribution in [1.29, 1.82) is 0 Å². The first kappa shape index (κ1) is 17.8. The van der Waals surface area contributed by atoms with Crippen molar-refractivity contribution in [2.45, 2.75) is 24.3 Å². The molecule has 1 aliphatic rings. The third-order valence-corrected chi connectivity index (χ3v) is 4.69. The van der Waals surface area contributed by atoms with Crippen molar-refractivity contribution < 1.29 is 14.3 Å². The van der Waals surface area contributed by atoms with Crippen LogP contribution < -0.4 is 5.32 Å². The van der Waals surface area contributed by atoms with Crippen molar-refractivity contribution in [1.82, 2.24) is 0 Å². The number of carboxylic acid groups (broad SMARTS) is 1. The number of nitrogens with zero attached hydrogens (tertiary/aromatic N) is 1. The summed E-state index contributed by atoms with van der Waals surface area (Å²) >= 11 is 10.6. The quantitative estimate of drug-likeness (QED) is 0.697. The van der Waals surface area contributed by atoms with Crippen LogP contribution >= 0.6 is 24.2 Å². The van der Waals surface area contributed by atoms with Gasteiger partial charge in [-0.05, 0) is 36.8 Å². The molecule has 2 N–H and O–H groups in total. The number of hydrogen-bond donors (Lipinski definition) is 3. The first-order valence-corrected chi connectivity index (χ1v) is 8.64. The first-order valence-electron chi connectivity index (χ1n) is 7.74. The Bertz CT molecular complexity index is 844. The average Bonchev–Trinajstić information content (AvgIpc) is 2.70. The Hall–Kier alpha value is -2.05. The van der Waals surface area contributed by atoms with Crippen LogP contribution in [0.15, 0.2) is 47.5 Å². The predicted octanol–water partition coefficient (Wildman–Crippen LogP) is 4.23. The Balaban J connectivity index is 2.13. The van der Waals surface area contributed by atoms with Gasteiger partial charge in [-0.3, -0.25) is 9.79 Å². The number of rotatable bonds is 4. The van der Waals surface area contributed by atoms with Crippen LogP contribution in [0, 0.1) is 5.82 Å². The molecule has 1 aliphatic heterocycles. The molecule has 0 saturated carbocycles. The van der Waals surface area contributed by atoms with Gasteiger partial charge in [-0.1, -0.05) is 23.7 Å². The second-order valence-corrected chi connectivity index (χ2v) is 6.73. The molecule has 1 heterocycles. The van der Waals surface area contributed by atoms with Crippen LogP contribution in [0.5, 0.6) is 0 Å². The standard InChI is InChI=1S/C18H16ClFN2O2S/c19-10-5-6-14-12(9-10)17(11-3-1-2-4-13(11)20)21-15(18(25)22-14)7-8-16(23)24/h1-6,9,15,18,22,25H,7-8H2,(H,23,24)/t15-,18-/m0/s1. The molecular formula is C18H16ClFN2O2S. The van der Waals surface area contributed by atoms with Gasteiger partial charge in [0, 0.05) is 28.3 Å². The van der Waals surface area contributed by atoms with Crippen LogP contribution in [0.1, 0.15) is 24.0 Å². The minimum Gasteiger partial charge on any atom is -0.481 e. The van der Waals surface area contributed by atoms with E-state index in [1.165, 1.54) is 6.07 Å². The summed E-state index contributed by atoms with van der Waals surface area (Å²) in [6.45, 7) is 0. The van der Waals surface area contributed by atoms with Crippen LogP contribution in [0.2, 0.25) is 5.02 Å². The summed E-state index contributed by atoms with van der Waals surface area (Å²) in [5.41, 5.74) is 2.17. The summed E-state index contributed by atoms with van der Waals surface area (Å²) in [5, 5.41) is 12.3. The van der Waals surface area contributed by atoms with E-state index in [0.29, 0.717) is 21.9 Å². The van der Waals surface area contributed by atoms with Gasteiger partial charge in [-0.25, -0.2) is 4.39 Å². The van der Waals surface area contributed by atoms with E-state index in [1.807, 2.05) is 0 Å². The van der Waals surface area contributed by atoms with Crippen molar-refractivity contribution in [3.05, 3.63) is 64.4 Å². The fourth-order valence-corrected chi connectivity index (χ4v) is 3.29. The molecule has 0 unspecified atom stereocenters. The van der Waals surface area contributed by atoms with E-state index in [4.69, 9.17) is 16.7 Å². The van der Waals surface area contributed by atoms with Crippen LogP contribution in [0.25, 0.3) is 0 Å². The minimum atomic E-state index is -0.909. The SMILES string of the molecule is O=C(O)CC[C@@H]1N=C(c2ccccc2F)c2cc(Cl)ccc2N[C@H]1S. The Morgan fingerprint density at radius 2 is 2.04 bits per heavy atom. The first-order chi connectivity index (χ1) is 12.0. The van der Waals surface area contributed by atoms with Gasteiger partial charge >= 0.3 is 5.97 Å². The van der Waals surface area contributed by atoms with Crippen molar-refractivity contribution in [3.63, 3.8) is 0 Å². The number of thiol groups is 1. The molecule has 0 radical (unpaired) electrons. The van der Waals surface area contributed by atoms with Gasteiger partial charge in [-0.2, -0.15) is 12.6 Å². The third kappa shape index (κ3) is 3.96. The highest BCUT2D eigenvalue weighted by Crippen LogP contribution is 2.31. The lowest BCUT2D eigenvalue weighted by atomic mass is 10.00. The third-order valence-electron chi connectivity index (χ3n) is 3.98. The van der Waals surface area contributed by atoms with Crippen molar-refractivity contribution >= 4 is 41.6 Å². The zero-order valence-electron chi connectivity index (χ0n) is 13.1. The molecule has 0 aromatic heterocycles. The number of aliphatic imine (C=N–C) groups is 1. The largest absolute Gasteiger partial charge is 0.481 e. The molecule has 130 valence electrons. The van der Waals surface area contributed by atoms with Gasteiger partial charge in [0.1, 0.15) is 5.82 Å². The smallest absolute Gasteiger partial charge is 0.303 e. The van der Waals surface area contributed by atoms with Crippen molar-refractivity contribution in [2.24, 2.45) is 4.99 Å². The Morgan fingerprint density at radius 3 is 2.76 bits per heavy atom. The van der Waals surface area contributed by atoms with E-state index in [1.54, 1.807) is 36.4 Å². The molecule has 0 aliphatic carbocycles. The highest BCUT2D eigenvalue weighted by atomic mass is 35.5. The lowest BCUT2D eigenvalue weighted by Crippen LogP contribution is -2.27. The number of benzene rings is 2. The van der Waals surface area contributed by atoms with Crippen LogP contribution in [-0.2, 0) is 4.79 Å². The number of fused-ring (bicyclic) bond motifs is 1. The normalized spacial score (nSPS) is 19.4. The zero-order chi connectivity index (χ0) is 18.0. The minimum absolute atomic E-state index is 0.0471. The van der Waals surface area contributed by atoms with Crippen molar-refractivity contribution in [3.8, 4) is 0 Å². The molecule has 25 heavy (non-hydrogen) atoms. The van der Waals surface area contributed by atoms with E-state index < -0.39 is 23.2 Å². The highest BCUT2D eigenvalue weighted by Gasteiger charge is 2.27. The molecule has 0 amide bonds. The van der Waals surface area contributed by atoms with E-state index in [2.05, 4.69) is 22.9 Å². The number of nitrogens with one attached hydrogen (secondary N) is 1. The van der Waals surface area contributed by atoms with Crippen LogP contribution in [0.3, 0.4) is 0 Å². The lowest BCUT2D eigenvalue weighted by Gasteiger charge is -2.19. The fourth-order valence-electron chi connectivity index (χ4n) is 2.76. The maximum atomic E-state index is 14.4. The highest BCUT2D eigenvalue weighted by molar-refractivity contribution is 7.81. The molecule has 0 fully saturated rings. The number of aliphatic carboxylic acids is 1. The van der Waals surface area contributed by atoms with Crippen LogP contribution in [-0.4, -0.2) is 28.2 Å². The second-order valence-electron chi connectivity index (χ2n) is 5.74. The summed E-state index contributed by atoms with van der Waals surface area (Å²) in [5.74, 6) is -1.31. The number of halogens is 2. The predicted molar refractivity (Wildman–Crippen MR) is 101 cm³/mol. The summed E-state index contributed by atoms with van der Waals surface area (Å²) in [7, 11) is 0. The second kappa shape index (κ2) is 7.45. The average molecular weight is 379 g/mol. The van der Waals surface area contributed by atoms with Crippen molar-refractivity contribution in [2.75, 3.05) is 5.32 Å². The maximum Gasteiger partial charge on any atom is 0.303 e. The van der Waals surface area contributed by atoms with Gasteiger partial charge in [-0.15, -0.1) is 0 Å². The number of carboxylic acids is 1. The molecule has 4 nitrogen and oxygen atoms in total. The molecule has 0 bridgehead atoms. The van der Waals surface area contributed by atoms with E-state index in [9.17, 15) is 9.18 Å². The number of benzodiazepines with no additional fused rings is 1. The molecule has 3 rings (SSSR count). The number of carbonyl (C=O) groups is 1. The van der Waals surface area contributed by atoms with Crippen LogP contribution in [0.4, 0.5) is 10.1 Å². The molecule has 2 atom stereocenters. The summed E-state index contributed by atoms with van der Waals surface area (Å²) in [4.78, 5) is 15.6. The van der Waals surface area contributed by atoms with Gasteiger partial charge in [0.05, 0.1) is 17.1 Å². The summed E-state index contributed by atoms with van der Waals surface area (Å²) < 4.78 is 14.4. The Morgan fingerprint density at radius 1 is 1.28 bits per heavy atom. The van der Waals surface area contributed by atoms with Gasteiger partial charge in [0.25, 0.3) is 0 Å². The van der Waals surface area contributed by atoms with E-state index in [-0.39, 0.29) is 12.8 Å². The summed E-state index contributed by atoms with van der Waals surface area (Å²) in [6.07, 6.45) is 0.241. The van der Waals surface area contributed by atoms with E-state index in [0.717, 1.165) is 5.69 Å². The molecular weight excluding hydrogens is 363 g/mol.